The Morgan fingerprint density at radius 1 is 0.810 bits per heavy atom. The van der Waals surface area contributed by atoms with Gasteiger partial charge >= 0.3 is 0 Å². The molecule has 0 spiro atoms. The molecule has 3 rings (SSSR count). The van der Waals surface area contributed by atoms with Crippen molar-refractivity contribution in [2.45, 2.75) is 0 Å². The Morgan fingerprint density at radius 3 is 2.24 bits per heavy atom. The number of nitrogens with zero attached hydrogens (tertiary/aromatic N) is 3. The van der Waals surface area contributed by atoms with Crippen molar-refractivity contribution in [3.05, 3.63) is 66.2 Å². The SMILES string of the molecule is N#Cc1ccc(N=Nc2ccc(O)c3ccccc23)cc1. The largest absolute Gasteiger partial charge is 0.507 e. The van der Waals surface area contributed by atoms with Crippen LogP contribution in [0.3, 0.4) is 0 Å². The first-order valence-corrected chi connectivity index (χ1v) is 6.40. The molecule has 0 unspecified atom stereocenters. The van der Waals surface area contributed by atoms with Crippen LogP contribution in [0.1, 0.15) is 5.56 Å². The van der Waals surface area contributed by atoms with E-state index in [-0.39, 0.29) is 5.75 Å². The fourth-order valence-electron chi connectivity index (χ4n) is 2.07. The van der Waals surface area contributed by atoms with E-state index < -0.39 is 0 Å². The predicted molar refractivity (Wildman–Crippen MR) is 80.9 cm³/mol. The van der Waals surface area contributed by atoms with Crippen LogP contribution in [0, 0.1) is 11.3 Å². The third-order valence-electron chi connectivity index (χ3n) is 3.15. The molecule has 3 aromatic carbocycles. The minimum atomic E-state index is 0.225. The van der Waals surface area contributed by atoms with Gasteiger partial charge in [0.15, 0.2) is 0 Å². The average molecular weight is 273 g/mol. The minimum absolute atomic E-state index is 0.225. The zero-order valence-electron chi connectivity index (χ0n) is 11.1. The molecule has 21 heavy (non-hydrogen) atoms. The van der Waals surface area contributed by atoms with Crippen LogP contribution in [0.5, 0.6) is 5.75 Å². The molecule has 4 heteroatoms. The van der Waals surface area contributed by atoms with Crippen molar-refractivity contribution in [3.63, 3.8) is 0 Å². The summed E-state index contributed by atoms with van der Waals surface area (Å²) in [6.07, 6.45) is 0. The molecular formula is C17H11N3O. The molecule has 100 valence electrons. The highest BCUT2D eigenvalue weighted by molar-refractivity contribution is 5.96. The van der Waals surface area contributed by atoms with Crippen molar-refractivity contribution >= 4 is 22.1 Å². The Balaban J connectivity index is 1.99. The summed E-state index contributed by atoms with van der Waals surface area (Å²) in [5.74, 6) is 0.225. The monoisotopic (exact) mass is 273 g/mol. The molecule has 0 saturated heterocycles. The van der Waals surface area contributed by atoms with Crippen molar-refractivity contribution in [3.8, 4) is 11.8 Å². The van der Waals surface area contributed by atoms with Gasteiger partial charge in [0, 0.05) is 10.8 Å². The number of aromatic hydroxyl groups is 1. The second-order valence-corrected chi connectivity index (χ2v) is 4.51. The zero-order chi connectivity index (χ0) is 14.7. The summed E-state index contributed by atoms with van der Waals surface area (Å²) in [6.45, 7) is 0. The van der Waals surface area contributed by atoms with Crippen molar-refractivity contribution in [1.29, 1.82) is 5.26 Å². The molecule has 0 bridgehead atoms. The molecule has 0 atom stereocenters. The summed E-state index contributed by atoms with van der Waals surface area (Å²) in [6, 6.07) is 19.8. The van der Waals surface area contributed by atoms with Gasteiger partial charge in [0.2, 0.25) is 0 Å². The first kappa shape index (κ1) is 12.8. The smallest absolute Gasteiger partial charge is 0.123 e. The maximum Gasteiger partial charge on any atom is 0.123 e. The molecule has 1 N–H and O–H groups in total. The van der Waals surface area contributed by atoms with Gasteiger partial charge in [-0.2, -0.15) is 10.4 Å². The lowest BCUT2D eigenvalue weighted by Crippen LogP contribution is -1.75. The van der Waals surface area contributed by atoms with E-state index in [1.807, 2.05) is 24.3 Å². The normalized spacial score (nSPS) is 10.8. The van der Waals surface area contributed by atoms with Crippen molar-refractivity contribution in [1.82, 2.24) is 0 Å². The third kappa shape index (κ3) is 2.58. The van der Waals surface area contributed by atoms with Crippen molar-refractivity contribution in [2.75, 3.05) is 0 Å². The predicted octanol–water partition coefficient (Wildman–Crippen LogP) is 4.83. The van der Waals surface area contributed by atoms with Gasteiger partial charge in [0.25, 0.3) is 0 Å². The Morgan fingerprint density at radius 2 is 1.52 bits per heavy atom. The molecule has 3 aromatic rings. The highest BCUT2D eigenvalue weighted by Crippen LogP contribution is 2.33. The first-order chi connectivity index (χ1) is 10.3. The highest BCUT2D eigenvalue weighted by atomic mass is 16.3. The van der Waals surface area contributed by atoms with Crippen molar-refractivity contribution < 1.29 is 5.11 Å². The van der Waals surface area contributed by atoms with Gasteiger partial charge in [-0.1, -0.05) is 24.3 Å². The van der Waals surface area contributed by atoms with Gasteiger partial charge in [-0.25, -0.2) is 0 Å². The summed E-state index contributed by atoms with van der Waals surface area (Å²) in [7, 11) is 0. The quantitative estimate of drug-likeness (QED) is 0.679. The lowest BCUT2D eigenvalue weighted by Gasteiger charge is -2.03. The molecule has 0 heterocycles. The number of hydrogen-bond donors (Lipinski definition) is 1. The molecule has 0 aliphatic rings. The summed E-state index contributed by atoms with van der Waals surface area (Å²) in [5.41, 5.74) is 1.95. The van der Waals surface area contributed by atoms with Gasteiger partial charge < -0.3 is 5.11 Å². The standard InChI is InChI=1S/C17H11N3O/c18-11-12-5-7-13(8-6-12)19-20-16-9-10-17(21)15-4-2-1-3-14(15)16/h1-10,21H. The van der Waals surface area contributed by atoms with Crippen LogP contribution in [0.4, 0.5) is 11.4 Å². The Bertz CT molecular complexity index is 861. The minimum Gasteiger partial charge on any atom is -0.507 e. The van der Waals surface area contributed by atoms with Crippen LogP contribution >= 0.6 is 0 Å². The highest BCUT2D eigenvalue weighted by Gasteiger charge is 2.03. The molecule has 0 aliphatic heterocycles. The lowest BCUT2D eigenvalue weighted by molar-refractivity contribution is 0.481. The van der Waals surface area contributed by atoms with Gasteiger partial charge in [0.1, 0.15) is 5.75 Å². The molecule has 0 amide bonds. The van der Waals surface area contributed by atoms with E-state index >= 15 is 0 Å². The second-order valence-electron chi connectivity index (χ2n) is 4.51. The van der Waals surface area contributed by atoms with E-state index in [2.05, 4.69) is 16.3 Å². The fourth-order valence-corrected chi connectivity index (χ4v) is 2.07. The van der Waals surface area contributed by atoms with Gasteiger partial charge in [-0.3, -0.25) is 0 Å². The zero-order valence-corrected chi connectivity index (χ0v) is 11.1. The average Bonchev–Trinajstić information content (AvgIpc) is 2.55. The van der Waals surface area contributed by atoms with E-state index in [9.17, 15) is 5.11 Å². The number of fused-ring (bicyclic) bond motifs is 1. The molecular weight excluding hydrogens is 262 g/mol. The van der Waals surface area contributed by atoms with Crippen LogP contribution in [0.2, 0.25) is 0 Å². The van der Waals surface area contributed by atoms with Crippen LogP contribution in [0.15, 0.2) is 70.9 Å². The van der Waals surface area contributed by atoms with Gasteiger partial charge in [-0.15, -0.1) is 5.11 Å². The Labute approximate surface area is 121 Å². The van der Waals surface area contributed by atoms with E-state index in [0.717, 1.165) is 10.8 Å². The summed E-state index contributed by atoms with van der Waals surface area (Å²) in [5, 5.41) is 28.6. The molecule has 0 fully saturated rings. The second kappa shape index (κ2) is 5.43. The Kier molecular flexibility index (Phi) is 3.32. The van der Waals surface area contributed by atoms with Crippen LogP contribution in [-0.4, -0.2) is 5.11 Å². The molecule has 0 radical (unpaired) electrons. The fraction of sp³-hybridized carbons (Fsp3) is 0. The summed E-state index contributed by atoms with van der Waals surface area (Å²) in [4.78, 5) is 0. The van der Waals surface area contributed by atoms with Crippen molar-refractivity contribution in [2.24, 2.45) is 10.2 Å². The summed E-state index contributed by atoms with van der Waals surface area (Å²) < 4.78 is 0. The number of rotatable bonds is 2. The molecule has 0 saturated carbocycles. The molecule has 0 aliphatic carbocycles. The summed E-state index contributed by atoms with van der Waals surface area (Å²) >= 11 is 0. The molecule has 0 aromatic heterocycles. The third-order valence-corrected chi connectivity index (χ3v) is 3.15. The topological polar surface area (TPSA) is 68.7 Å². The maximum atomic E-state index is 9.84. The number of hydrogen-bond acceptors (Lipinski definition) is 4. The number of azo groups is 1. The number of benzene rings is 3. The van der Waals surface area contributed by atoms with Gasteiger partial charge in [0.05, 0.1) is 23.0 Å². The van der Waals surface area contributed by atoms with Crippen LogP contribution in [-0.2, 0) is 0 Å². The van der Waals surface area contributed by atoms with E-state index in [1.165, 1.54) is 0 Å². The maximum absolute atomic E-state index is 9.84. The van der Waals surface area contributed by atoms with Crippen LogP contribution in [0.25, 0.3) is 10.8 Å². The van der Waals surface area contributed by atoms with E-state index in [1.54, 1.807) is 36.4 Å². The number of nitriles is 1. The lowest BCUT2D eigenvalue weighted by atomic mass is 10.1. The first-order valence-electron chi connectivity index (χ1n) is 6.40. The molecule has 4 nitrogen and oxygen atoms in total. The Hall–Kier alpha value is -3.19. The van der Waals surface area contributed by atoms with E-state index in [4.69, 9.17) is 5.26 Å². The van der Waals surface area contributed by atoms with Crippen LogP contribution < -0.4 is 0 Å². The van der Waals surface area contributed by atoms with E-state index in [0.29, 0.717) is 16.9 Å². The van der Waals surface area contributed by atoms with Gasteiger partial charge in [-0.05, 0) is 36.4 Å². The number of phenolic OH excluding ortho intramolecular Hbond substituents is 1. The number of phenols is 1.